The lowest BCUT2D eigenvalue weighted by atomic mass is 10.0. The molecule has 0 amide bonds. The van der Waals surface area contributed by atoms with Crippen molar-refractivity contribution in [3.63, 3.8) is 0 Å². The van der Waals surface area contributed by atoms with Crippen LogP contribution in [0.2, 0.25) is 0 Å². The minimum Gasteiger partial charge on any atom is -0.497 e. The lowest BCUT2D eigenvalue weighted by Crippen LogP contribution is -2.19. The van der Waals surface area contributed by atoms with Crippen molar-refractivity contribution in [3.05, 3.63) is 59.7 Å². The summed E-state index contributed by atoms with van der Waals surface area (Å²) < 4.78 is 5.26. The van der Waals surface area contributed by atoms with Crippen LogP contribution in [0.4, 0.5) is 0 Å². The van der Waals surface area contributed by atoms with Gasteiger partial charge in [-0.05, 0) is 43.3 Å². The molecule has 0 aliphatic heterocycles. The molecule has 0 aliphatic rings. The minimum absolute atomic E-state index is 0.354. The Bertz CT molecular complexity index is 556. The van der Waals surface area contributed by atoms with Crippen molar-refractivity contribution in [2.45, 2.75) is 17.9 Å². The zero-order valence-corrected chi connectivity index (χ0v) is 13.0. The van der Waals surface area contributed by atoms with Gasteiger partial charge in [0.15, 0.2) is 0 Å². The summed E-state index contributed by atoms with van der Waals surface area (Å²) in [7, 11) is 3.72. The zero-order valence-electron chi connectivity index (χ0n) is 12.2. The van der Waals surface area contributed by atoms with E-state index in [1.54, 1.807) is 7.11 Å². The number of aryl methyl sites for hydroxylation is 1. The molecule has 1 atom stereocenters. The second-order valence-electron chi connectivity index (χ2n) is 4.69. The average Bonchev–Trinajstić information content (AvgIpc) is 2.49. The third-order valence-electron chi connectivity index (χ3n) is 3.37. The van der Waals surface area contributed by atoms with Crippen LogP contribution in [0.5, 0.6) is 5.75 Å². The second-order valence-corrected chi connectivity index (χ2v) is 5.78. The molecule has 1 N–H and O–H groups in total. The number of benzene rings is 2. The maximum absolute atomic E-state index is 5.26. The van der Waals surface area contributed by atoms with Crippen LogP contribution < -0.4 is 10.1 Å². The number of rotatable bonds is 6. The Morgan fingerprint density at radius 3 is 2.65 bits per heavy atom. The van der Waals surface area contributed by atoms with E-state index in [2.05, 4.69) is 48.6 Å². The fourth-order valence-corrected chi connectivity index (χ4v) is 3.26. The molecule has 3 heteroatoms. The third kappa shape index (κ3) is 3.78. The minimum atomic E-state index is 0.354. The van der Waals surface area contributed by atoms with Crippen molar-refractivity contribution < 1.29 is 4.74 Å². The number of methoxy groups -OCH3 is 1. The molecule has 0 aliphatic carbocycles. The molecule has 0 radical (unpaired) electrons. The Morgan fingerprint density at radius 2 is 1.95 bits per heavy atom. The first kappa shape index (κ1) is 14.9. The van der Waals surface area contributed by atoms with Gasteiger partial charge in [-0.1, -0.05) is 30.3 Å². The van der Waals surface area contributed by atoms with Gasteiger partial charge < -0.3 is 10.1 Å². The molecule has 2 aromatic rings. The van der Waals surface area contributed by atoms with E-state index in [4.69, 9.17) is 4.74 Å². The molecular weight excluding hydrogens is 266 g/mol. The second kappa shape index (κ2) is 7.36. The standard InChI is InChI=1S/C17H21NOS/c1-13-7-4-5-10-16(13)17(18-2)12-20-15-9-6-8-14(11-15)19-3/h4-11,17-18H,12H2,1-3H3. The van der Waals surface area contributed by atoms with Gasteiger partial charge in [0.25, 0.3) is 0 Å². The number of ether oxygens (including phenoxy) is 1. The highest BCUT2D eigenvalue weighted by atomic mass is 32.2. The predicted octanol–water partition coefficient (Wildman–Crippen LogP) is 4.06. The molecule has 106 valence electrons. The fraction of sp³-hybridized carbons (Fsp3) is 0.294. The monoisotopic (exact) mass is 287 g/mol. The predicted molar refractivity (Wildman–Crippen MR) is 86.7 cm³/mol. The molecule has 0 fully saturated rings. The van der Waals surface area contributed by atoms with Crippen LogP contribution in [-0.4, -0.2) is 19.9 Å². The van der Waals surface area contributed by atoms with E-state index >= 15 is 0 Å². The highest BCUT2D eigenvalue weighted by molar-refractivity contribution is 7.99. The average molecular weight is 287 g/mol. The van der Waals surface area contributed by atoms with Crippen molar-refractivity contribution >= 4 is 11.8 Å². The summed E-state index contributed by atoms with van der Waals surface area (Å²) in [6.45, 7) is 2.16. The largest absolute Gasteiger partial charge is 0.497 e. The Balaban J connectivity index is 2.06. The number of hydrogen-bond donors (Lipinski definition) is 1. The zero-order chi connectivity index (χ0) is 14.4. The van der Waals surface area contributed by atoms with Gasteiger partial charge in [-0.3, -0.25) is 0 Å². The van der Waals surface area contributed by atoms with Crippen LogP contribution >= 0.6 is 11.8 Å². The molecule has 20 heavy (non-hydrogen) atoms. The summed E-state index contributed by atoms with van der Waals surface area (Å²) in [5.41, 5.74) is 2.70. The van der Waals surface area contributed by atoms with Gasteiger partial charge in [0.05, 0.1) is 7.11 Å². The highest BCUT2D eigenvalue weighted by Gasteiger charge is 2.11. The Hall–Kier alpha value is -1.45. The van der Waals surface area contributed by atoms with Crippen molar-refractivity contribution in [2.75, 3.05) is 19.9 Å². The molecule has 2 nitrogen and oxygen atoms in total. The molecule has 0 heterocycles. The van der Waals surface area contributed by atoms with Gasteiger partial charge in [0.2, 0.25) is 0 Å². The van der Waals surface area contributed by atoms with Gasteiger partial charge in [-0.15, -0.1) is 11.8 Å². The summed E-state index contributed by atoms with van der Waals surface area (Å²) in [5, 5.41) is 3.41. The van der Waals surface area contributed by atoms with E-state index in [1.165, 1.54) is 16.0 Å². The van der Waals surface area contributed by atoms with E-state index in [9.17, 15) is 0 Å². The quantitative estimate of drug-likeness (QED) is 0.810. The maximum Gasteiger partial charge on any atom is 0.119 e. The lowest BCUT2D eigenvalue weighted by Gasteiger charge is -2.18. The van der Waals surface area contributed by atoms with Crippen molar-refractivity contribution in [1.82, 2.24) is 5.32 Å². The first-order valence-electron chi connectivity index (χ1n) is 6.74. The van der Waals surface area contributed by atoms with Crippen LogP contribution in [-0.2, 0) is 0 Å². The highest BCUT2D eigenvalue weighted by Crippen LogP contribution is 2.28. The molecule has 0 saturated carbocycles. The number of hydrogen-bond acceptors (Lipinski definition) is 3. The normalized spacial score (nSPS) is 12.2. The Morgan fingerprint density at radius 1 is 1.15 bits per heavy atom. The van der Waals surface area contributed by atoms with Crippen molar-refractivity contribution in [1.29, 1.82) is 0 Å². The smallest absolute Gasteiger partial charge is 0.119 e. The van der Waals surface area contributed by atoms with E-state index in [0.717, 1.165) is 11.5 Å². The van der Waals surface area contributed by atoms with Gasteiger partial charge in [-0.2, -0.15) is 0 Å². The number of thioether (sulfide) groups is 1. The van der Waals surface area contributed by atoms with Crippen molar-refractivity contribution in [3.8, 4) is 5.75 Å². The number of nitrogens with one attached hydrogen (secondary N) is 1. The van der Waals surface area contributed by atoms with Crippen molar-refractivity contribution in [2.24, 2.45) is 0 Å². The first-order valence-corrected chi connectivity index (χ1v) is 7.73. The molecule has 1 unspecified atom stereocenters. The summed E-state index contributed by atoms with van der Waals surface area (Å²) in [6.07, 6.45) is 0. The molecule has 0 saturated heterocycles. The molecular formula is C17H21NOS. The Labute approximate surface area is 125 Å². The van der Waals surface area contributed by atoms with Gasteiger partial charge in [0, 0.05) is 16.7 Å². The molecule has 2 aromatic carbocycles. The topological polar surface area (TPSA) is 21.3 Å². The van der Waals surface area contributed by atoms with E-state index in [0.29, 0.717) is 6.04 Å². The van der Waals surface area contributed by atoms with Gasteiger partial charge >= 0.3 is 0 Å². The van der Waals surface area contributed by atoms with Gasteiger partial charge in [0.1, 0.15) is 5.75 Å². The van der Waals surface area contributed by atoms with Crippen LogP contribution in [0, 0.1) is 6.92 Å². The fourth-order valence-electron chi connectivity index (χ4n) is 2.18. The SMILES string of the molecule is CNC(CSc1cccc(OC)c1)c1ccccc1C. The van der Waals surface area contributed by atoms with Crippen LogP contribution in [0.15, 0.2) is 53.4 Å². The third-order valence-corrected chi connectivity index (χ3v) is 4.46. The summed E-state index contributed by atoms with van der Waals surface area (Å²) in [6, 6.07) is 17.1. The van der Waals surface area contributed by atoms with Crippen LogP contribution in [0.1, 0.15) is 17.2 Å². The summed E-state index contributed by atoms with van der Waals surface area (Å²) >= 11 is 1.84. The summed E-state index contributed by atoms with van der Waals surface area (Å²) in [5.74, 6) is 1.90. The molecule has 0 bridgehead atoms. The van der Waals surface area contributed by atoms with E-state index < -0.39 is 0 Å². The van der Waals surface area contributed by atoms with Gasteiger partial charge in [-0.25, -0.2) is 0 Å². The molecule has 0 aromatic heterocycles. The molecule has 2 rings (SSSR count). The van der Waals surface area contributed by atoms with Crippen LogP contribution in [0.25, 0.3) is 0 Å². The van der Waals surface area contributed by atoms with E-state index in [-0.39, 0.29) is 0 Å². The van der Waals surface area contributed by atoms with Crippen LogP contribution in [0.3, 0.4) is 0 Å². The first-order chi connectivity index (χ1) is 9.74. The van der Waals surface area contributed by atoms with E-state index in [1.807, 2.05) is 30.9 Å². The lowest BCUT2D eigenvalue weighted by molar-refractivity contribution is 0.413. The summed E-state index contributed by atoms with van der Waals surface area (Å²) in [4.78, 5) is 1.23. The molecule has 0 spiro atoms. The maximum atomic E-state index is 5.26. The Kier molecular flexibility index (Phi) is 5.50.